The lowest BCUT2D eigenvalue weighted by atomic mass is 10.5. The number of rotatable bonds is 28. The fourth-order valence-electron chi connectivity index (χ4n) is 2.43. The van der Waals surface area contributed by atoms with Crippen molar-refractivity contribution in [1.29, 1.82) is 0 Å². The summed E-state index contributed by atoms with van der Waals surface area (Å²) in [5.41, 5.74) is 0. The zero-order chi connectivity index (χ0) is 27.7. The predicted octanol–water partition coefficient (Wildman–Crippen LogP) is 5.25. The second-order valence-corrected chi connectivity index (χ2v) is 17.6. The zero-order valence-electron chi connectivity index (χ0n) is 20.9. The largest absolute Gasteiger partial charge is 0.391 e. The molecule has 0 aliphatic carbocycles. The van der Waals surface area contributed by atoms with E-state index in [4.69, 9.17) is 46.4 Å². The van der Waals surface area contributed by atoms with Gasteiger partial charge in [0.1, 0.15) is 0 Å². The van der Waals surface area contributed by atoms with Gasteiger partial charge in [-0.05, 0) is 0 Å². The molecule has 0 heterocycles. The van der Waals surface area contributed by atoms with Gasteiger partial charge >= 0.3 is 0 Å². The molecule has 0 rings (SSSR count). The fraction of sp³-hybridized carbons (Fsp3) is 1.00. The average molecular weight is 737 g/mol. The molecule has 15 heteroatoms. The Morgan fingerprint density at radius 3 is 1.14 bits per heavy atom. The van der Waals surface area contributed by atoms with Gasteiger partial charge in [-0.2, -0.15) is 82.3 Å². The monoisotopic (exact) mass is 734 g/mol. The van der Waals surface area contributed by atoms with E-state index in [2.05, 4.69) is 0 Å². The number of alkyl halides is 4. The summed E-state index contributed by atoms with van der Waals surface area (Å²) in [6.45, 7) is 0. The lowest BCUT2D eigenvalue weighted by Gasteiger charge is -2.22. The summed E-state index contributed by atoms with van der Waals surface area (Å²) in [7, 11) is 0. The molecule has 0 radical (unpaired) electrons. The maximum atomic E-state index is 9.82. The first-order valence-corrected chi connectivity index (χ1v) is 21.9. The van der Waals surface area contributed by atoms with Gasteiger partial charge in [0.2, 0.25) is 0 Å². The van der Waals surface area contributed by atoms with Crippen LogP contribution in [0.25, 0.3) is 0 Å². The van der Waals surface area contributed by atoms with Crippen molar-refractivity contribution in [1.82, 2.24) is 0 Å². The molecule has 37 heavy (non-hydrogen) atoms. The minimum absolute atomic E-state index is 0.257. The van der Waals surface area contributed by atoms with Crippen LogP contribution >= 0.6 is 129 Å². The Bertz CT molecular complexity index is 498. The van der Waals surface area contributed by atoms with Gasteiger partial charge in [-0.3, -0.25) is 0 Å². The molecule has 0 aliphatic heterocycles. The maximum absolute atomic E-state index is 9.82. The molecule has 0 saturated heterocycles. The van der Waals surface area contributed by atoms with Crippen LogP contribution in [-0.2, 0) is 0 Å². The molecule has 0 aliphatic rings. The fourth-order valence-corrected chi connectivity index (χ4v) is 12.5. The Morgan fingerprint density at radius 2 is 0.703 bits per heavy atom. The van der Waals surface area contributed by atoms with Gasteiger partial charge in [0.25, 0.3) is 0 Å². The van der Waals surface area contributed by atoms with Crippen molar-refractivity contribution in [2.75, 3.05) is 92.6 Å². The molecule has 0 aromatic heterocycles. The third-order valence-corrected chi connectivity index (χ3v) is 15.6. The molecule has 0 fully saturated rings. The van der Waals surface area contributed by atoms with Gasteiger partial charge in [-0.1, -0.05) is 0 Å². The molecule has 6 unspecified atom stereocenters. The molecular weight excluding hydrogens is 695 g/mol. The zero-order valence-corrected chi connectivity index (χ0v) is 29.7. The van der Waals surface area contributed by atoms with Gasteiger partial charge in [0.15, 0.2) is 0 Å². The molecule has 0 spiro atoms. The summed E-state index contributed by atoms with van der Waals surface area (Å²) in [6.07, 6.45) is -1.84. The third-order valence-electron chi connectivity index (χ3n) is 4.34. The van der Waals surface area contributed by atoms with Crippen molar-refractivity contribution >= 4 is 129 Å². The maximum Gasteiger partial charge on any atom is 0.0765 e. The molecule has 0 aromatic carbocycles. The van der Waals surface area contributed by atoms with Crippen molar-refractivity contribution in [2.24, 2.45) is 0 Å². The van der Waals surface area contributed by atoms with Crippen LogP contribution in [0.15, 0.2) is 0 Å². The minimum atomic E-state index is -0.477. The molecule has 0 aromatic rings. The van der Waals surface area contributed by atoms with E-state index in [-0.39, 0.29) is 23.5 Å². The first-order chi connectivity index (χ1) is 17.9. The molecule has 224 valence electrons. The van der Waals surface area contributed by atoms with Crippen molar-refractivity contribution in [2.45, 2.75) is 34.9 Å². The summed E-state index contributed by atoms with van der Waals surface area (Å²) < 4.78 is 0. The number of hydrogen-bond acceptors (Lipinski definition) is 11. The summed E-state index contributed by atoms with van der Waals surface area (Å²) in [5.74, 6) is 11.7. The number of hydrogen-bond donors (Lipinski definition) is 4. The SMILES string of the molecule is OC(CCl)CSCCSCC(CSCC(O)CCl)SCC(CSCC(O)CCl)SCCSCC(O)CCl. The van der Waals surface area contributed by atoms with E-state index in [1.165, 1.54) is 0 Å². The van der Waals surface area contributed by atoms with Crippen LogP contribution in [0, 0.1) is 0 Å². The van der Waals surface area contributed by atoms with Gasteiger partial charge in [0.05, 0.1) is 24.4 Å². The van der Waals surface area contributed by atoms with Crippen LogP contribution in [-0.4, -0.2) is 148 Å². The highest BCUT2D eigenvalue weighted by Gasteiger charge is 2.17. The van der Waals surface area contributed by atoms with Gasteiger partial charge in [0, 0.05) is 103 Å². The third kappa shape index (κ3) is 26.8. The number of aliphatic hydroxyl groups is 4. The van der Waals surface area contributed by atoms with Gasteiger partial charge in [-0.25, -0.2) is 0 Å². The molecule has 4 nitrogen and oxygen atoms in total. The van der Waals surface area contributed by atoms with E-state index in [1.54, 1.807) is 47.0 Å². The smallest absolute Gasteiger partial charge is 0.0765 e. The molecule has 0 amide bonds. The van der Waals surface area contributed by atoms with E-state index < -0.39 is 24.4 Å². The van der Waals surface area contributed by atoms with Crippen LogP contribution in [0.2, 0.25) is 0 Å². The van der Waals surface area contributed by atoms with Crippen molar-refractivity contribution in [3.05, 3.63) is 0 Å². The lowest BCUT2D eigenvalue weighted by molar-refractivity contribution is 0.223. The topological polar surface area (TPSA) is 80.9 Å². The highest BCUT2D eigenvalue weighted by atomic mass is 35.5. The number of halogens is 4. The molecule has 0 saturated carbocycles. The molecule has 4 N–H and O–H groups in total. The molecular formula is C22H42Cl4O4S7. The quantitative estimate of drug-likeness (QED) is 0.0629. The van der Waals surface area contributed by atoms with E-state index in [0.29, 0.717) is 33.5 Å². The Morgan fingerprint density at radius 1 is 0.378 bits per heavy atom. The first kappa shape index (κ1) is 40.5. The van der Waals surface area contributed by atoms with Crippen LogP contribution in [0.5, 0.6) is 0 Å². The highest BCUT2D eigenvalue weighted by Crippen LogP contribution is 2.28. The molecule has 6 atom stereocenters. The second kappa shape index (κ2) is 29.5. The Kier molecular flexibility index (Phi) is 32.3. The Balaban J connectivity index is 4.66. The second-order valence-electron chi connectivity index (χ2n) is 7.98. The minimum Gasteiger partial charge on any atom is -0.391 e. The molecule has 0 bridgehead atoms. The van der Waals surface area contributed by atoms with E-state index in [9.17, 15) is 20.4 Å². The highest BCUT2D eigenvalue weighted by molar-refractivity contribution is 8.08. The summed E-state index contributed by atoms with van der Waals surface area (Å²) in [4.78, 5) is 0. The summed E-state index contributed by atoms with van der Waals surface area (Å²) >= 11 is 35.7. The van der Waals surface area contributed by atoms with Crippen LogP contribution in [0.3, 0.4) is 0 Å². The van der Waals surface area contributed by atoms with Crippen LogP contribution in [0.4, 0.5) is 0 Å². The van der Waals surface area contributed by atoms with Gasteiger partial charge in [-0.15, -0.1) is 46.4 Å². The Labute approximate surface area is 274 Å². The predicted molar refractivity (Wildman–Crippen MR) is 186 cm³/mol. The van der Waals surface area contributed by atoms with E-state index in [0.717, 1.165) is 46.0 Å². The van der Waals surface area contributed by atoms with E-state index >= 15 is 0 Å². The lowest BCUT2D eigenvalue weighted by Crippen LogP contribution is -2.21. The average Bonchev–Trinajstić information content (AvgIpc) is 2.91. The first-order valence-electron chi connectivity index (χ1n) is 11.9. The number of thioether (sulfide) groups is 7. The standard InChI is InChI=1S/C22H42Cl4O4S7/c23-5-17(27)9-31-1-2-33-13-21(14-34-11-19(29)7-25)37-16-22(15-35-12-20(30)8-26)36-4-3-32-10-18(28)6-24/h17-22,27-30H,1-16H2. The van der Waals surface area contributed by atoms with Crippen LogP contribution < -0.4 is 0 Å². The number of aliphatic hydroxyl groups excluding tert-OH is 4. The Hall–Kier alpha value is 3.45. The summed E-state index contributed by atoms with van der Waals surface area (Å²) in [6, 6.07) is 0. The normalized spacial score (nSPS) is 16.9. The van der Waals surface area contributed by atoms with Crippen molar-refractivity contribution in [3.63, 3.8) is 0 Å². The van der Waals surface area contributed by atoms with Crippen molar-refractivity contribution < 1.29 is 20.4 Å². The van der Waals surface area contributed by atoms with Crippen LogP contribution in [0.1, 0.15) is 0 Å². The van der Waals surface area contributed by atoms with Gasteiger partial charge < -0.3 is 20.4 Å². The van der Waals surface area contributed by atoms with Crippen molar-refractivity contribution in [3.8, 4) is 0 Å². The summed E-state index contributed by atoms with van der Waals surface area (Å²) in [5, 5.41) is 39.8. The van der Waals surface area contributed by atoms with E-state index in [1.807, 2.05) is 35.3 Å².